The molecule has 0 spiro atoms. The highest BCUT2D eigenvalue weighted by molar-refractivity contribution is 5.93. The fourth-order valence-corrected chi connectivity index (χ4v) is 1.53. The SMILES string of the molecule is O=CC1CCN(C(=O)O)CCCC1=O. The van der Waals surface area contributed by atoms with Gasteiger partial charge in [-0.2, -0.15) is 0 Å². The summed E-state index contributed by atoms with van der Waals surface area (Å²) in [6, 6.07) is 0. The molecule has 1 heterocycles. The standard InChI is InChI=1S/C9H13NO4/c11-6-7-3-5-10(9(13)14)4-1-2-8(7)12/h6-7H,1-5H2,(H,13,14). The Kier molecular flexibility index (Phi) is 3.62. The van der Waals surface area contributed by atoms with Crippen LogP contribution in [0.25, 0.3) is 0 Å². The minimum atomic E-state index is -0.982. The summed E-state index contributed by atoms with van der Waals surface area (Å²) >= 11 is 0. The summed E-state index contributed by atoms with van der Waals surface area (Å²) in [5, 5.41) is 8.73. The van der Waals surface area contributed by atoms with Crippen LogP contribution in [0.2, 0.25) is 0 Å². The molecule has 0 aliphatic carbocycles. The van der Waals surface area contributed by atoms with E-state index < -0.39 is 12.0 Å². The number of amides is 1. The van der Waals surface area contributed by atoms with E-state index in [1.165, 1.54) is 4.90 Å². The van der Waals surface area contributed by atoms with Crippen LogP contribution >= 0.6 is 0 Å². The lowest BCUT2D eigenvalue weighted by Crippen LogP contribution is -2.36. The largest absolute Gasteiger partial charge is 0.465 e. The zero-order chi connectivity index (χ0) is 10.6. The predicted octanol–water partition coefficient (Wildman–Crippen LogP) is 0.535. The van der Waals surface area contributed by atoms with Crippen LogP contribution in [0, 0.1) is 5.92 Å². The second-order valence-electron chi connectivity index (χ2n) is 3.37. The molecular formula is C9H13NO4. The number of hydrogen-bond donors (Lipinski definition) is 1. The van der Waals surface area contributed by atoms with Crippen molar-refractivity contribution in [2.75, 3.05) is 13.1 Å². The van der Waals surface area contributed by atoms with Gasteiger partial charge >= 0.3 is 6.09 Å². The van der Waals surface area contributed by atoms with Gasteiger partial charge in [-0.05, 0) is 12.8 Å². The molecule has 1 atom stereocenters. The Morgan fingerprint density at radius 3 is 2.79 bits per heavy atom. The number of ketones is 1. The molecule has 1 fully saturated rings. The minimum absolute atomic E-state index is 0.0648. The van der Waals surface area contributed by atoms with Crippen LogP contribution in [-0.2, 0) is 9.59 Å². The topological polar surface area (TPSA) is 74.7 Å². The third-order valence-corrected chi connectivity index (χ3v) is 2.41. The van der Waals surface area contributed by atoms with Gasteiger partial charge in [0, 0.05) is 19.5 Å². The summed E-state index contributed by atoms with van der Waals surface area (Å²) in [5.41, 5.74) is 0. The number of hydrogen-bond acceptors (Lipinski definition) is 3. The molecule has 0 saturated carbocycles. The fraction of sp³-hybridized carbons (Fsp3) is 0.667. The molecule has 0 aromatic carbocycles. The van der Waals surface area contributed by atoms with Crippen molar-refractivity contribution in [3.63, 3.8) is 0 Å². The van der Waals surface area contributed by atoms with Crippen LogP contribution in [-0.4, -0.2) is 41.3 Å². The lowest BCUT2D eigenvalue weighted by atomic mass is 9.96. The number of carbonyl (C=O) groups is 3. The van der Waals surface area contributed by atoms with Crippen molar-refractivity contribution in [3.05, 3.63) is 0 Å². The molecule has 78 valence electrons. The van der Waals surface area contributed by atoms with Gasteiger partial charge in [-0.15, -0.1) is 0 Å². The van der Waals surface area contributed by atoms with Crippen molar-refractivity contribution < 1.29 is 19.5 Å². The first-order valence-corrected chi connectivity index (χ1v) is 4.61. The lowest BCUT2D eigenvalue weighted by molar-refractivity contribution is -0.128. The van der Waals surface area contributed by atoms with Gasteiger partial charge in [0.15, 0.2) is 0 Å². The van der Waals surface area contributed by atoms with Crippen LogP contribution in [0.5, 0.6) is 0 Å². The molecule has 5 nitrogen and oxygen atoms in total. The molecule has 0 aromatic rings. The zero-order valence-electron chi connectivity index (χ0n) is 7.81. The second kappa shape index (κ2) is 4.74. The maximum absolute atomic E-state index is 11.3. The van der Waals surface area contributed by atoms with Crippen molar-refractivity contribution >= 4 is 18.2 Å². The van der Waals surface area contributed by atoms with E-state index >= 15 is 0 Å². The third kappa shape index (κ3) is 2.55. The lowest BCUT2D eigenvalue weighted by Gasteiger charge is -2.23. The average Bonchev–Trinajstić information content (AvgIpc) is 2.11. The zero-order valence-corrected chi connectivity index (χ0v) is 7.81. The maximum atomic E-state index is 11.3. The molecule has 1 aliphatic heterocycles. The van der Waals surface area contributed by atoms with Gasteiger partial charge in [-0.3, -0.25) is 4.79 Å². The number of aldehydes is 1. The second-order valence-corrected chi connectivity index (χ2v) is 3.37. The maximum Gasteiger partial charge on any atom is 0.407 e. The number of rotatable bonds is 1. The minimum Gasteiger partial charge on any atom is -0.465 e. The highest BCUT2D eigenvalue weighted by Gasteiger charge is 2.23. The Labute approximate surface area is 81.7 Å². The van der Waals surface area contributed by atoms with E-state index in [1.807, 2.05) is 0 Å². The van der Waals surface area contributed by atoms with Crippen LogP contribution in [0.15, 0.2) is 0 Å². The number of carbonyl (C=O) groups excluding carboxylic acids is 2. The van der Waals surface area contributed by atoms with Crippen molar-refractivity contribution in [2.24, 2.45) is 5.92 Å². The molecule has 0 aromatic heterocycles. The highest BCUT2D eigenvalue weighted by atomic mass is 16.4. The summed E-state index contributed by atoms with van der Waals surface area (Å²) in [4.78, 5) is 33.7. The molecule has 1 aliphatic rings. The van der Waals surface area contributed by atoms with Gasteiger partial charge in [0.2, 0.25) is 0 Å². The van der Waals surface area contributed by atoms with Gasteiger partial charge in [-0.1, -0.05) is 0 Å². The molecule has 1 N–H and O–H groups in total. The molecule has 1 unspecified atom stereocenters. The van der Waals surface area contributed by atoms with Gasteiger partial charge in [-0.25, -0.2) is 4.79 Å². The monoisotopic (exact) mass is 199 g/mol. The number of nitrogens with zero attached hydrogens (tertiary/aromatic N) is 1. The summed E-state index contributed by atoms with van der Waals surface area (Å²) in [6.45, 7) is 0.650. The van der Waals surface area contributed by atoms with E-state index in [4.69, 9.17) is 5.11 Å². The van der Waals surface area contributed by atoms with Crippen molar-refractivity contribution in [1.82, 2.24) is 4.90 Å². The van der Waals surface area contributed by atoms with Crippen LogP contribution < -0.4 is 0 Å². The molecular weight excluding hydrogens is 186 g/mol. The van der Waals surface area contributed by atoms with E-state index in [9.17, 15) is 14.4 Å². The van der Waals surface area contributed by atoms with Crippen molar-refractivity contribution in [3.8, 4) is 0 Å². The van der Waals surface area contributed by atoms with Crippen molar-refractivity contribution in [2.45, 2.75) is 19.3 Å². The molecule has 1 amide bonds. The van der Waals surface area contributed by atoms with E-state index in [0.717, 1.165) is 0 Å². The van der Waals surface area contributed by atoms with Gasteiger partial charge in [0.1, 0.15) is 12.1 Å². The number of Topliss-reactive ketones (excluding diaryl/α,β-unsaturated/α-hetero) is 1. The van der Waals surface area contributed by atoms with Gasteiger partial charge in [0.05, 0.1) is 5.92 Å². The third-order valence-electron chi connectivity index (χ3n) is 2.41. The summed E-state index contributed by atoms with van der Waals surface area (Å²) in [7, 11) is 0. The Morgan fingerprint density at radius 2 is 2.21 bits per heavy atom. The first-order chi connectivity index (χ1) is 6.65. The van der Waals surface area contributed by atoms with E-state index in [0.29, 0.717) is 32.1 Å². The molecule has 14 heavy (non-hydrogen) atoms. The molecule has 5 heteroatoms. The number of carboxylic acid groups (broad SMARTS) is 1. The molecule has 0 radical (unpaired) electrons. The summed E-state index contributed by atoms with van der Waals surface area (Å²) < 4.78 is 0. The molecule has 1 saturated heterocycles. The van der Waals surface area contributed by atoms with E-state index in [-0.39, 0.29) is 12.3 Å². The quantitative estimate of drug-likeness (QED) is 0.494. The Morgan fingerprint density at radius 1 is 1.50 bits per heavy atom. The van der Waals surface area contributed by atoms with Crippen LogP contribution in [0.4, 0.5) is 4.79 Å². The normalized spacial score (nSPS) is 23.9. The molecule has 1 rings (SSSR count). The average molecular weight is 199 g/mol. The van der Waals surface area contributed by atoms with Crippen LogP contribution in [0.1, 0.15) is 19.3 Å². The van der Waals surface area contributed by atoms with Gasteiger partial charge < -0.3 is 14.8 Å². The van der Waals surface area contributed by atoms with Crippen molar-refractivity contribution in [1.29, 1.82) is 0 Å². The Bertz CT molecular complexity index is 251. The van der Waals surface area contributed by atoms with E-state index in [2.05, 4.69) is 0 Å². The summed E-state index contributed by atoms with van der Waals surface area (Å²) in [6.07, 6.45) is 0.759. The summed E-state index contributed by atoms with van der Waals surface area (Å²) in [5.74, 6) is -0.679. The molecule has 0 bridgehead atoms. The van der Waals surface area contributed by atoms with Crippen LogP contribution in [0.3, 0.4) is 0 Å². The Hall–Kier alpha value is -1.39. The fourth-order valence-electron chi connectivity index (χ4n) is 1.53. The highest BCUT2D eigenvalue weighted by Crippen LogP contribution is 2.12. The van der Waals surface area contributed by atoms with Gasteiger partial charge in [0.25, 0.3) is 0 Å². The predicted molar refractivity (Wildman–Crippen MR) is 48.0 cm³/mol. The van der Waals surface area contributed by atoms with E-state index in [1.54, 1.807) is 0 Å². The smallest absolute Gasteiger partial charge is 0.407 e. The first-order valence-electron chi connectivity index (χ1n) is 4.61. The Balaban J connectivity index is 2.58. The first kappa shape index (κ1) is 10.7. The number of likely N-dealkylation sites (tertiary alicyclic amines) is 1.